The van der Waals surface area contributed by atoms with E-state index in [0.717, 1.165) is 12.8 Å². The first-order valence-electron chi connectivity index (χ1n) is 7.36. The molecule has 1 N–H and O–H groups in total. The molecule has 0 unspecified atom stereocenters. The van der Waals surface area contributed by atoms with Gasteiger partial charge in [-0.2, -0.15) is 5.26 Å². The maximum Gasteiger partial charge on any atom is 0.331 e. The van der Waals surface area contributed by atoms with Crippen molar-refractivity contribution in [3.63, 3.8) is 0 Å². The van der Waals surface area contributed by atoms with Gasteiger partial charge in [-0.05, 0) is 49.5 Å². The third-order valence-electron chi connectivity index (χ3n) is 3.73. The van der Waals surface area contributed by atoms with Crippen molar-refractivity contribution in [1.82, 2.24) is 5.32 Å². The molecule has 1 atom stereocenters. The van der Waals surface area contributed by atoms with E-state index in [1.54, 1.807) is 25.1 Å². The molecule has 7 heteroatoms. The molecule has 0 aliphatic heterocycles. The van der Waals surface area contributed by atoms with Crippen molar-refractivity contribution in [3.8, 4) is 6.07 Å². The van der Waals surface area contributed by atoms with Crippen LogP contribution in [0.15, 0.2) is 24.3 Å². The molecule has 1 fully saturated rings. The molecule has 0 saturated heterocycles. The highest BCUT2D eigenvalue weighted by atomic mass is 35.5. The Balaban J connectivity index is 1.83. The molecule has 1 saturated carbocycles. The van der Waals surface area contributed by atoms with Gasteiger partial charge in [-0.1, -0.05) is 29.3 Å². The van der Waals surface area contributed by atoms with E-state index < -0.39 is 24.0 Å². The molecule has 126 valence electrons. The number of nitrogens with zero attached hydrogens (tertiary/aromatic N) is 1. The SMILES string of the molecule is C[C@@](C#N)(NC(=O)COC(=O)/C=C/c1ccc(Cl)cc1Cl)C1CC1. The van der Waals surface area contributed by atoms with Crippen molar-refractivity contribution in [2.75, 3.05) is 6.61 Å². The Morgan fingerprint density at radius 2 is 2.17 bits per heavy atom. The van der Waals surface area contributed by atoms with Crippen LogP contribution in [0.25, 0.3) is 6.08 Å². The van der Waals surface area contributed by atoms with Crippen molar-refractivity contribution < 1.29 is 14.3 Å². The molecule has 0 aromatic heterocycles. The van der Waals surface area contributed by atoms with Crippen LogP contribution < -0.4 is 5.32 Å². The van der Waals surface area contributed by atoms with E-state index in [9.17, 15) is 14.9 Å². The normalized spacial score (nSPS) is 16.2. The maximum absolute atomic E-state index is 11.8. The van der Waals surface area contributed by atoms with E-state index in [4.69, 9.17) is 27.9 Å². The molecule has 0 bridgehead atoms. The van der Waals surface area contributed by atoms with E-state index in [0.29, 0.717) is 15.6 Å². The molecule has 0 heterocycles. The lowest BCUT2D eigenvalue weighted by molar-refractivity contribution is -0.144. The predicted octanol–water partition coefficient (Wildman–Crippen LogP) is 3.36. The summed E-state index contributed by atoms with van der Waals surface area (Å²) in [5.41, 5.74) is -0.302. The zero-order valence-electron chi connectivity index (χ0n) is 13.0. The minimum atomic E-state index is -0.907. The fourth-order valence-corrected chi connectivity index (χ4v) is 2.66. The third kappa shape index (κ3) is 4.98. The van der Waals surface area contributed by atoms with Gasteiger partial charge in [0, 0.05) is 16.1 Å². The number of esters is 1. The van der Waals surface area contributed by atoms with Gasteiger partial charge in [-0.25, -0.2) is 4.79 Å². The first-order valence-corrected chi connectivity index (χ1v) is 8.12. The summed E-state index contributed by atoms with van der Waals surface area (Å²) in [5, 5.41) is 12.7. The standard InChI is InChI=1S/C17H16Cl2N2O3/c1-17(10-20,12-4-5-12)21-15(22)9-24-16(23)7-3-11-2-6-13(18)8-14(11)19/h2-3,6-8,12H,4-5,9H2,1H3,(H,21,22)/b7-3+/t17-/m0/s1. The number of carbonyl (C=O) groups is 2. The molecule has 5 nitrogen and oxygen atoms in total. The average Bonchev–Trinajstić information content (AvgIpc) is 3.37. The van der Waals surface area contributed by atoms with Crippen molar-refractivity contribution in [3.05, 3.63) is 39.9 Å². The molecule has 1 aromatic rings. The second kappa shape index (κ2) is 7.69. The van der Waals surface area contributed by atoms with Crippen LogP contribution in [0.4, 0.5) is 0 Å². The van der Waals surface area contributed by atoms with Gasteiger partial charge in [0.25, 0.3) is 5.91 Å². The zero-order valence-corrected chi connectivity index (χ0v) is 14.5. The molecule has 1 aromatic carbocycles. The van der Waals surface area contributed by atoms with E-state index >= 15 is 0 Å². The van der Waals surface area contributed by atoms with E-state index in [-0.39, 0.29) is 5.92 Å². The molecule has 1 amide bonds. The largest absolute Gasteiger partial charge is 0.452 e. The van der Waals surface area contributed by atoms with E-state index in [1.165, 1.54) is 12.2 Å². The molecule has 2 rings (SSSR count). The van der Waals surface area contributed by atoms with Gasteiger partial charge in [0.2, 0.25) is 0 Å². The highest BCUT2D eigenvalue weighted by Gasteiger charge is 2.43. The predicted molar refractivity (Wildman–Crippen MR) is 91.3 cm³/mol. The Hall–Kier alpha value is -2.03. The van der Waals surface area contributed by atoms with Crippen LogP contribution in [0.1, 0.15) is 25.3 Å². The van der Waals surface area contributed by atoms with Crippen molar-refractivity contribution in [2.45, 2.75) is 25.3 Å². The van der Waals surface area contributed by atoms with Gasteiger partial charge in [-0.15, -0.1) is 0 Å². The number of nitrogens with one attached hydrogen (secondary N) is 1. The second-order valence-electron chi connectivity index (χ2n) is 5.74. The van der Waals surface area contributed by atoms with Crippen LogP contribution >= 0.6 is 23.2 Å². The number of hydrogen-bond donors (Lipinski definition) is 1. The van der Waals surface area contributed by atoms with Crippen molar-refractivity contribution in [2.24, 2.45) is 5.92 Å². The molecule has 24 heavy (non-hydrogen) atoms. The maximum atomic E-state index is 11.8. The van der Waals surface area contributed by atoms with Crippen LogP contribution in [0.2, 0.25) is 10.0 Å². The second-order valence-corrected chi connectivity index (χ2v) is 6.59. The van der Waals surface area contributed by atoms with E-state index in [1.807, 2.05) is 0 Å². The Morgan fingerprint density at radius 3 is 2.75 bits per heavy atom. The Bertz CT molecular complexity index is 723. The average molecular weight is 367 g/mol. The van der Waals surface area contributed by atoms with Crippen LogP contribution in [-0.2, 0) is 14.3 Å². The fraction of sp³-hybridized carbons (Fsp3) is 0.353. The number of ether oxygens (including phenoxy) is 1. The minimum Gasteiger partial charge on any atom is -0.452 e. The summed E-state index contributed by atoms with van der Waals surface area (Å²) in [5.74, 6) is -1.02. The Labute approximate surface area is 150 Å². The number of rotatable bonds is 6. The van der Waals surface area contributed by atoms with Gasteiger partial charge in [0.1, 0.15) is 5.54 Å². The van der Waals surface area contributed by atoms with Gasteiger partial charge < -0.3 is 10.1 Å². The fourth-order valence-electron chi connectivity index (χ4n) is 2.19. The van der Waals surface area contributed by atoms with Gasteiger partial charge in [0.15, 0.2) is 6.61 Å². The summed E-state index contributed by atoms with van der Waals surface area (Å²) >= 11 is 11.8. The summed E-state index contributed by atoms with van der Waals surface area (Å²) in [7, 11) is 0. The Morgan fingerprint density at radius 1 is 1.46 bits per heavy atom. The molecule has 1 aliphatic carbocycles. The third-order valence-corrected chi connectivity index (χ3v) is 4.29. The van der Waals surface area contributed by atoms with Gasteiger partial charge >= 0.3 is 5.97 Å². The molecular formula is C17H16Cl2N2O3. The minimum absolute atomic E-state index is 0.161. The molecular weight excluding hydrogens is 351 g/mol. The lowest BCUT2D eigenvalue weighted by Crippen LogP contribution is -2.48. The first-order chi connectivity index (χ1) is 11.3. The lowest BCUT2D eigenvalue weighted by atomic mass is 9.98. The van der Waals surface area contributed by atoms with Gasteiger partial charge in [-0.3, -0.25) is 4.79 Å². The number of halogens is 2. The van der Waals surface area contributed by atoms with Crippen LogP contribution in [0.5, 0.6) is 0 Å². The molecule has 0 spiro atoms. The quantitative estimate of drug-likeness (QED) is 0.618. The van der Waals surface area contributed by atoms with Crippen molar-refractivity contribution in [1.29, 1.82) is 5.26 Å². The smallest absolute Gasteiger partial charge is 0.331 e. The number of nitriles is 1. The van der Waals surface area contributed by atoms with Crippen molar-refractivity contribution >= 4 is 41.2 Å². The molecule has 1 aliphatic rings. The first kappa shape index (κ1) is 18.3. The van der Waals surface area contributed by atoms with E-state index in [2.05, 4.69) is 11.4 Å². The number of carbonyl (C=O) groups excluding carboxylic acids is 2. The lowest BCUT2D eigenvalue weighted by Gasteiger charge is -2.22. The summed E-state index contributed by atoms with van der Waals surface area (Å²) < 4.78 is 4.86. The summed E-state index contributed by atoms with van der Waals surface area (Å²) in [6.07, 6.45) is 4.47. The number of amides is 1. The number of benzene rings is 1. The van der Waals surface area contributed by atoms with Crippen LogP contribution in [0.3, 0.4) is 0 Å². The zero-order chi connectivity index (χ0) is 17.7. The summed E-state index contributed by atoms with van der Waals surface area (Å²) in [6, 6.07) is 6.97. The summed E-state index contributed by atoms with van der Waals surface area (Å²) in [4.78, 5) is 23.5. The highest BCUT2D eigenvalue weighted by Crippen LogP contribution is 2.39. The topological polar surface area (TPSA) is 79.2 Å². The van der Waals surface area contributed by atoms with Gasteiger partial charge in [0.05, 0.1) is 6.07 Å². The molecule has 0 radical (unpaired) electrons. The number of hydrogen-bond acceptors (Lipinski definition) is 4. The van der Waals surface area contributed by atoms with Crippen LogP contribution in [-0.4, -0.2) is 24.0 Å². The Kier molecular flexibility index (Phi) is 5.87. The highest BCUT2D eigenvalue weighted by molar-refractivity contribution is 6.35. The monoisotopic (exact) mass is 366 g/mol. The van der Waals surface area contributed by atoms with Crippen LogP contribution in [0, 0.1) is 17.2 Å². The summed E-state index contributed by atoms with van der Waals surface area (Å²) in [6.45, 7) is 1.23.